The van der Waals surface area contributed by atoms with Crippen molar-refractivity contribution in [3.05, 3.63) is 24.3 Å². The van der Waals surface area contributed by atoms with Gasteiger partial charge in [-0.05, 0) is 43.7 Å². The lowest BCUT2D eigenvalue weighted by Gasteiger charge is -2.19. The Bertz CT molecular complexity index is 471. The van der Waals surface area contributed by atoms with Crippen LogP contribution >= 0.6 is 0 Å². The van der Waals surface area contributed by atoms with Crippen molar-refractivity contribution in [1.82, 2.24) is 4.72 Å². The van der Waals surface area contributed by atoms with Gasteiger partial charge in [-0.15, -0.1) is 0 Å². The zero-order chi connectivity index (χ0) is 13.8. The molecular weight excluding hydrogens is 252 g/mol. The van der Waals surface area contributed by atoms with Crippen LogP contribution in [0.4, 0.5) is 0 Å². The van der Waals surface area contributed by atoms with Crippen molar-refractivity contribution < 1.29 is 13.2 Å². The summed E-state index contributed by atoms with van der Waals surface area (Å²) in [5.41, 5.74) is 5.52. The van der Waals surface area contributed by atoms with Crippen molar-refractivity contribution >= 4 is 10.0 Å². The summed E-state index contributed by atoms with van der Waals surface area (Å²) in [6, 6.07) is 6.06. The van der Waals surface area contributed by atoms with Crippen LogP contribution in [0.15, 0.2) is 29.2 Å². The Morgan fingerprint density at radius 2 is 1.83 bits per heavy atom. The molecule has 0 fully saturated rings. The standard InChI is InChI=1S/C12H20N2O3S/c1-9(8-13)10(2)14-18(15,16)12-6-4-11(17-3)5-7-12/h4-7,9-10,14H,8,13H2,1-3H3. The number of hydrogen-bond donors (Lipinski definition) is 2. The van der Waals surface area contributed by atoms with Gasteiger partial charge in [-0.2, -0.15) is 0 Å². The van der Waals surface area contributed by atoms with Crippen molar-refractivity contribution in [1.29, 1.82) is 0 Å². The third-order valence-corrected chi connectivity index (χ3v) is 4.51. The molecule has 18 heavy (non-hydrogen) atoms. The van der Waals surface area contributed by atoms with Gasteiger partial charge < -0.3 is 10.5 Å². The largest absolute Gasteiger partial charge is 0.497 e. The molecule has 0 radical (unpaired) electrons. The number of ether oxygens (including phenoxy) is 1. The first-order valence-electron chi connectivity index (χ1n) is 5.77. The van der Waals surface area contributed by atoms with Crippen LogP contribution in [0.3, 0.4) is 0 Å². The van der Waals surface area contributed by atoms with E-state index < -0.39 is 10.0 Å². The number of rotatable bonds is 6. The maximum atomic E-state index is 12.1. The van der Waals surface area contributed by atoms with Crippen molar-refractivity contribution in [3.8, 4) is 5.75 Å². The molecule has 0 heterocycles. The molecule has 0 amide bonds. The number of benzene rings is 1. The van der Waals surface area contributed by atoms with E-state index >= 15 is 0 Å². The number of nitrogens with one attached hydrogen (secondary N) is 1. The summed E-state index contributed by atoms with van der Waals surface area (Å²) in [5, 5.41) is 0. The lowest BCUT2D eigenvalue weighted by Crippen LogP contribution is -2.39. The smallest absolute Gasteiger partial charge is 0.240 e. The normalized spacial score (nSPS) is 15.1. The van der Waals surface area contributed by atoms with E-state index in [0.29, 0.717) is 12.3 Å². The molecule has 0 saturated carbocycles. The first-order valence-corrected chi connectivity index (χ1v) is 7.25. The summed E-state index contributed by atoms with van der Waals surface area (Å²) >= 11 is 0. The molecule has 0 spiro atoms. The molecule has 1 aromatic rings. The van der Waals surface area contributed by atoms with Gasteiger partial charge in [0.05, 0.1) is 12.0 Å². The van der Waals surface area contributed by atoms with Crippen LogP contribution in [0.25, 0.3) is 0 Å². The minimum atomic E-state index is -3.50. The number of nitrogens with two attached hydrogens (primary N) is 1. The summed E-state index contributed by atoms with van der Waals surface area (Å²) in [4.78, 5) is 0.222. The minimum absolute atomic E-state index is 0.0815. The molecule has 3 N–H and O–H groups in total. The van der Waals surface area contributed by atoms with E-state index in [2.05, 4.69) is 4.72 Å². The summed E-state index contributed by atoms with van der Waals surface area (Å²) in [6.07, 6.45) is 0. The quantitative estimate of drug-likeness (QED) is 0.808. The Kier molecular flexibility index (Phi) is 5.13. The first kappa shape index (κ1) is 14.9. The molecule has 0 aliphatic rings. The van der Waals surface area contributed by atoms with E-state index in [9.17, 15) is 8.42 Å². The molecule has 0 bridgehead atoms. The lowest BCUT2D eigenvalue weighted by molar-refractivity contribution is 0.414. The fourth-order valence-electron chi connectivity index (χ4n) is 1.39. The van der Waals surface area contributed by atoms with Crippen LogP contribution in [-0.2, 0) is 10.0 Å². The highest BCUT2D eigenvalue weighted by Crippen LogP contribution is 2.16. The Morgan fingerprint density at radius 3 is 2.28 bits per heavy atom. The molecule has 6 heteroatoms. The van der Waals surface area contributed by atoms with Crippen molar-refractivity contribution in [3.63, 3.8) is 0 Å². The fraction of sp³-hybridized carbons (Fsp3) is 0.500. The van der Waals surface area contributed by atoms with Crippen LogP contribution < -0.4 is 15.2 Å². The topological polar surface area (TPSA) is 81.4 Å². The maximum absolute atomic E-state index is 12.1. The SMILES string of the molecule is COc1ccc(S(=O)(=O)NC(C)C(C)CN)cc1. The van der Waals surface area contributed by atoms with Gasteiger partial charge in [-0.25, -0.2) is 13.1 Å². The van der Waals surface area contributed by atoms with Crippen LogP contribution in [0.2, 0.25) is 0 Å². The Hall–Kier alpha value is -1.11. The number of sulfonamides is 1. The highest BCUT2D eigenvalue weighted by Gasteiger charge is 2.20. The average molecular weight is 272 g/mol. The van der Waals surface area contributed by atoms with Crippen LogP contribution in [0, 0.1) is 5.92 Å². The highest BCUT2D eigenvalue weighted by atomic mass is 32.2. The molecule has 0 aliphatic carbocycles. The Balaban J connectivity index is 2.85. The number of methoxy groups -OCH3 is 1. The summed E-state index contributed by atoms with van der Waals surface area (Å²) in [5.74, 6) is 0.704. The molecule has 0 aliphatic heterocycles. The Morgan fingerprint density at radius 1 is 1.28 bits per heavy atom. The van der Waals surface area contributed by atoms with E-state index in [1.807, 2.05) is 6.92 Å². The predicted octanol–water partition coefficient (Wildman–Crippen LogP) is 0.957. The Labute approximate surface area is 108 Å². The third kappa shape index (κ3) is 3.69. The van der Waals surface area contributed by atoms with Gasteiger partial charge in [0.1, 0.15) is 5.75 Å². The second-order valence-electron chi connectivity index (χ2n) is 4.30. The van der Waals surface area contributed by atoms with Gasteiger partial charge in [-0.3, -0.25) is 0 Å². The van der Waals surface area contributed by atoms with Crippen molar-refractivity contribution in [2.75, 3.05) is 13.7 Å². The molecule has 0 saturated heterocycles. The number of hydrogen-bond acceptors (Lipinski definition) is 4. The molecule has 102 valence electrons. The van der Waals surface area contributed by atoms with E-state index in [1.165, 1.54) is 19.2 Å². The van der Waals surface area contributed by atoms with Gasteiger partial charge in [0.25, 0.3) is 0 Å². The van der Waals surface area contributed by atoms with Gasteiger partial charge in [0, 0.05) is 6.04 Å². The van der Waals surface area contributed by atoms with Gasteiger partial charge in [0.15, 0.2) is 0 Å². The van der Waals surface area contributed by atoms with Gasteiger partial charge in [0.2, 0.25) is 10.0 Å². The summed E-state index contributed by atoms with van der Waals surface area (Å²) in [6.45, 7) is 4.14. The molecular formula is C12H20N2O3S. The van der Waals surface area contributed by atoms with Crippen LogP contribution in [0.1, 0.15) is 13.8 Å². The molecule has 1 aromatic carbocycles. The third-order valence-electron chi connectivity index (χ3n) is 2.94. The molecule has 2 atom stereocenters. The fourth-order valence-corrected chi connectivity index (χ4v) is 2.74. The predicted molar refractivity (Wildman–Crippen MR) is 71.0 cm³/mol. The van der Waals surface area contributed by atoms with Gasteiger partial charge >= 0.3 is 0 Å². The van der Waals surface area contributed by atoms with E-state index in [-0.39, 0.29) is 16.9 Å². The zero-order valence-electron chi connectivity index (χ0n) is 10.9. The second-order valence-corrected chi connectivity index (χ2v) is 6.01. The minimum Gasteiger partial charge on any atom is -0.497 e. The summed E-state index contributed by atoms with van der Waals surface area (Å²) < 4.78 is 31.7. The molecule has 0 aromatic heterocycles. The van der Waals surface area contributed by atoms with Crippen molar-refractivity contribution in [2.24, 2.45) is 11.7 Å². The first-order chi connectivity index (χ1) is 8.40. The lowest BCUT2D eigenvalue weighted by atomic mass is 10.1. The van der Waals surface area contributed by atoms with E-state index in [0.717, 1.165) is 0 Å². The monoisotopic (exact) mass is 272 g/mol. The van der Waals surface area contributed by atoms with E-state index in [1.54, 1.807) is 19.1 Å². The molecule has 1 rings (SSSR count). The van der Waals surface area contributed by atoms with Crippen LogP contribution in [-0.4, -0.2) is 28.1 Å². The zero-order valence-corrected chi connectivity index (χ0v) is 11.7. The van der Waals surface area contributed by atoms with E-state index in [4.69, 9.17) is 10.5 Å². The molecule has 5 nitrogen and oxygen atoms in total. The van der Waals surface area contributed by atoms with Crippen LogP contribution in [0.5, 0.6) is 5.75 Å². The average Bonchev–Trinajstić information content (AvgIpc) is 2.37. The maximum Gasteiger partial charge on any atom is 0.240 e. The molecule has 2 unspecified atom stereocenters. The van der Waals surface area contributed by atoms with Gasteiger partial charge in [-0.1, -0.05) is 6.92 Å². The summed E-state index contributed by atoms with van der Waals surface area (Å²) in [7, 11) is -1.97. The second kappa shape index (κ2) is 6.17. The van der Waals surface area contributed by atoms with Crippen molar-refractivity contribution in [2.45, 2.75) is 24.8 Å². The highest BCUT2D eigenvalue weighted by molar-refractivity contribution is 7.89.